The van der Waals surface area contributed by atoms with Crippen molar-refractivity contribution >= 4 is 33.0 Å². The van der Waals surface area contributed by atoms with Gasteiger partial charge in [0.05, 0.1) is 6.54 Å². The summed E-state index contributed by atoms with van der Waals surface area (Å²) in [7, 11) is -3.43. The molecule has 3 N–H and O–H groups in total. The molecule has 0 radical (unpaired) electrons. The van der Waals surface area contributed by atoms with E-state index in [2.05, 4.69) is 49.5 Å². The minimum absolute atomic E-state index is 0.267. The van der Waals surface area contributed by atoms with Gasteiger partial charge >= 0.3 is 0 Å². The Balaban J connectivity index is 1.46. The lowest BCUT2D eigenvalue weighted by atomic mass is 10.0. The van der Waals surface area contributed by atoms with Crippen LogP contribution >= 0.6 is 11.3 Å². The maximum atomic E-state index is 12.1. The zero-order valence-corrected chi connectivity index (χ0v) is 18.3. The average molecular weight is 436 g/mol. The van der Waals surface area contributed by atoms with Gasteiger partial charge in [0.1, 0.15) is 4.21 Å². The first kappa shape index (κ1) is 21.6. The minimum atomic E-state index is -3.43. The van der Waals surface area contributed by atoms with E-state index in [1.807, 2.05) is 13.0 Å². The highest BCUT2D eigenvalue weighted by atomic mass is 32.2. The van der Waals surface area contributed by atoms with Crippen molar-refractivity contribution in [3.8, 4) is 0 Å². The van der Waals surface area contributed by atoms with E-state index in [9.17, 15) is 8.42 Å². The van der Waals surface area contributed by atoms with E-state index in [4.69, 9.17) is 0 Å². The molecule has 7 nitrogen and oxygen atoms in total. The number of rotatable bonds is 8. The number of sulfonamides is 1. The van der Waals surface area contributed by atoms with Crippen molar-refractivity contribution in [3.63, 3.8) is 0 Å². The molecule has 1 aromatic heterocycles. The Morgan fingerprint density at radius 1 is 1.17 bits per heavy atom. The summed E-state index contributed by atoms with van der Waals surface area (Å²) in [5.74, 6) is 0.737. The molecule has 0 spiro atoms. The molecule has 29 heavy (non-hydrogen) atoms. The number of piperidine rings is 1. The van der Waals surface area contributed by atoms with Gasteiger partial charge in [-0.05, 0) is 43.3 Å². The molecule has 0 aliphatic carbocycles. The monoisotopic (exact) mass is 435 g/mol. The van der Waals surface area contributed by atoms with E-state index >= 15 is 0 Å². The van der Waals surface area contributed by atoms with Gasteiger partial charge in [0, 0.05) is 37.9 Å². The van der Waals surface area contributed by atoms with E-state index in [-0.39, 0.29) is 6.54 Å². The van der Waals surface area contributed by atoms with Crippen LogP contribution in [0.3, 0.4) is 0 Å². The number of nitrogens with zero attached hydrogens (tertiary/aromatic N) is 2. The molecule has 0 bridgehead atoms. The van der Waals surface area contributed by atoms with Crippen molar-refractivity contribution in [2.45, 2.75) is 30.0 Å². The summed E-state index contributed by atoms with van der Waals surface area (Å²) in [4.78, 5) is 6.93. The van der Waals surface area contributed by atoms with E-state index in [1.165, 1.54) is 17.0 Å². The van der Waals surface area contributed by atoms with Crippen LogP contribution in [0.4, 0.5) is 5.69 Å². The third kappa shape index (κ3) is 6.45. The van der Waals surface area contributed by atoms with E-state index in [0.29, 0.717) is 16.8 Å². The molecule has 0 amide bonds. The molecule has 2 aromatic rings. The molecular formula is C20H29N5O2S2. The fraction of sp³-hybridized carbons (Fsp3) is 0.450. The van der Waals surface area contributed by atoms with Crippen LogP contribution in [0.2, 0.25) is 0 Å². The van der Waals surface area contributed by atoms with Gasteiger partial charge in [-0.3, -0.25) is 4.99 Å². The molecule has 0 atom stereocenters. The van der Waals surface area contributed by atoms with Crippen molar-refractivity contribution in [2.75, 3.05) is 37.6 Å². The molecule has 3 rings (SSSR count). The third-order valence-electron chi connectivity index (χ3n) is 4.74. The lowest BCUT2D eigenvalue weighted by molar-refractivity contribution is 0.461. The summed E-state index contributed by atoms with van der Waals surface area (Å²) >= 11 is 1.21. The lowest BCUT2D eigenvalue weighted by Crippen LogP contribution is -2.49. The highest BCUT2D eigenvalue weighted by molar-refractivity contribution is 7.91. The Labute approximate surface area is 177 Å². The van der Waals surface area contributed by atoms with Crippen molar-refractivity contribution in [1.82, 2.24) is 15.4 Å². The Morgan fingerprint density at radius 3 is 2.59 bits per heavy atom. The number of hydrogen-bond donors (Lipinski definition) is 3. The van der Waals surface area contributed by atoms with Gasteiger partial charge in [-0.15, -0.1) is 11.3 Å². The number of benzene rings is 1. The first-order valence-corrected chi connectivity index (χ1v) is 12.3. The summed E-state index contributed by atoms with van der Waals surface area (Å²) < 4.78 is 27.2. The molecule has 1 fully saturated rings. The molecule has 1 saturated heterocycles. The Morgan fingerprint density at radius 2 is 1.93 bits per heavy atom. The minimum Gasteiger partial charge on any atom is -0.371 e. The lowest BCUT2D eigenvalue weighted by Gasteiger charge is -2.34. The molecule has 1 aromatic carbocycles. The van der Waals surface area contributed by atoms with Gasteiger partial charge < -0.3 is 15.5 Å². The summed E-state index contributed by atoms with van der Waals surface area (Å²) in [6.07, 6.45) is 2.06. The van der Waals surface area contributed by atoms with Gasteiger partial charge in [-0.2, -0.15) is 0 Å². The predicted molar refractivity (Wildman–Crippen MR) is 120 cm³/mol. The van der Waals surface area contributed by atoms with Crippen LogP contribution in [-0.4, -0.2) is 53.1 Å². The van der Waals surface area contributed by atoms with Gasteiger partial charge in [0.25, 0.3) is 0 Å². The second kappa shape index (κ2) is 10.6. The number of thiophene rings is 1. The van der Waals surface area contributed by atoms with Crippen molar-refractivity contribution < 1.29 is 8.42 Å². The normalized spacial score (nSPS) is 16.0. The fourth-order valence-electron chi connectivity index (χ4n) is 3.27. The average Bonchev–Trinajstić information content (AvgIpc) is 3.29. The maximum Gasteiger partial charge on any atom is 0.250 e. The van der Waals surface area contributed by atoms with Crippen LogP contribution in [0, 0.1) is 0 Å². The van der Waals surface area contributed by atoms with Crippen LogP contribution in [0.25, 0.3) is 0 Å². The number of hydrogen-bond acceptors (Lipinski definition) is 5. The number of guanidine groups is 1. The first-order valence-electron chi connectivity index (χ1n) is 9.96. The van der Waals surface area contributed by atoms with Gasteiger partial charge in [-0.1, -0.05) is 24.3 Å². The number of para-hydroxylation sites is 1. The molecule has 2 heterocycles. The molecule has 1 aliphatic heterocycles. The Kier molecular flexibility index (Phi) is 7.91. The van der Waals surface area contributed by atoms with Crippen LogP contribution in [-0.2, 0) is 10.0 Å². The van der Waals surface area contributed by atoms with Gasteiger partial charge in [0.2, 0.25) is 10.0 Å². The molecule has 9 heteroatoms. The SMILES string of the molecule is CCNC(=NCCNS(=O)(=O)c1cccs1)NC1CCN(c2ccccc2)CC1. The van der Waals surface area contributed by atoms with E-state index in [1.54, 1.807) is 17.5 Å². The van der Waals surface area contributed by atoms with E-state index < -0.39 is 10.0 Å². The van der Waals surface area contributed by atoms with Crippen LogP contribution < -0.4 is 20.3 Å². The standard InChI is InChI=1S/C20H29N5O2S2/c1-2-21-20(22-12-13-23-29(26,27)19-9-6-16-28-19)24-17-10-14-25(15-11-17)18-7-4-3-5-8-18/h3-9,16-17,23H,2,10-15H2,1H3,(H2,21,22,24). The molecule has 158 valence electrons. The Hall–Kier alpha value is -2.10. The quantitative estimate of drug-likeness (QED) is 0.336. The highest BCUT2D eigenvalue weighted by Gasteiger charge is 2.20. The summed E-state index contributed by atoms with van der Waals surface area (Å²) in [5, 5.41) is 8.49. The predicted octanol–water partition coefficient (Wildman–Crippen LogP) is 2.25. The Bertz CT molecular complexity index is 862. The van der Waals surface area contributed by atoms with Crippen molar-refractivity contribution in [2.24, 2.45) is 4.99 Å². The summed E-state index contributed by atoms with van der Waals surface area (Å²) in [6, 6.07) is 14.2. The molecule has 0 unspecified atom stereocenters. The van der Waals surface area contributed by atoms with Crippen molar-refractivity contribution in [1.29, 1.82) is 0 Å². The maximum absolute atomic E-state index is 12.1. The van der Waals surface area contributed by atoms with E-state index in [0.717, 1.165) is 38.4 Å². The topological polar surface area (TPSA) is 85.8 Å². The van der Waals surface area contributed by atoms with Gasteiger partial charge in [-0.25, -0.2) is 13.1 Å². The highest BCUT2D eigenvalue weighted by Crippen LogP contribution is 2.19. The molecular weight excluding hydrogens is 406 g/mol. The zero-order valence-electron chi connectivity index (χ0n) is 16.7. The third-order valence-corrected chi connectivity index (χ3v) is 7.59. The summed E-state index contributed by atoms with van der Waals surface area (Å²) in [6.45, 7) is 5.43. The zero-order chi connectivity index (χ0) is 20.5. The second-order valence-electron chi connectivity index (χ2n) is 6.83. The number of nitrogens with one attached hydrogen (secondary N) is 3. The number of aliphatic imine (C=N–C) groups is 1. The second-order valence-corrected chi connectivity index (χ2v) is 9.77. The molecule has 0 saturated carbocycles. The smallest absolute Gasteiger partial charge is 0.250 e. The van der Waals surface area contributed by atoms with Crippen LogP contribution in [0.15, 0.2) is 57.0 Å². The van der Waals surface area contributed by atoms with Gasteiger partial charge in [0.15, 0.2) is 5.96 Å². The van der Waals surface area contributed by atoms with Crippen LogP contribution in [0.5, 0.6) is 0 Å². The summed E-state index contributed by atoms with van der Waals surface area (Å²) in [5.41, 5.74) is 1.27. The molecule has 1 aliphatic rings. The largest absolute Gasteiger partial charge is 0.371 e. The fourth-order valence-corrected chi connectivity index (χ4v) is 5.33. The van der Waals surface area contributed by atoms with Crippen LogP contribution in [0.1, 0.15) is 19.8 Å². The number of anilines is 1. The van der Waals surface area contributed by atoms with Crippen molar-refractivity contribution in [3.05, 3.63) is 47.8 Å². The first-order chi connectivity index (χ1) is 14.1.